The fraction of sp³-hybridized carbons (Fsp3) is 0. The molecule has 12 nitrogen and oxygen atoms in total. The Bertz CT molecular complexity index is 2630. The maximum Gasteiger partial charge on any atom is 1.00 e. The number of hydrogen-bond donors (Lipinski definition) is 0. The molecule has 0 amide bonds. The van der Waals surface area contributed by atoms with Gasteiger partial charge in [0.2, 0.25) is 0 Å². The average molecular weight is 1170 g/mol. The number of hydrogen-bond acceptors (Lipinski definition) is 6. The van der Waals surface area contributed by atoms with Crippen LogP contribution >= 0.6 is 15.8 Å². The van der Waals surface area contributed by atoms with Crippen molar-refractivity contribution in [1.29, 1.82) is 0 Å². The van der Waals surface area contributed by atoms with E-state index in [-0.39, 0.29) is 44.8 Å². The van der Waals surface area contributed by atoms with Crippen molar-refractivity contribution in [3.8, 4) is 0 Å². The van der Waals surface area contributed by atoms with Crippen LogP contribution in [0, 0.1) is 0 Å². The fourth-order valence-corrected chi connectivity index (χ4v) is 13.5. The van der Waals surface area contributed by atoms with Crippen molar-refractivity contribution in [2.75, 3.05) is 0 Å². The smallest absolute Gasteiger partial charge is 0.403 e. The number of rotatable bonds is 12. The van der Waals surface area contributed by atoms with Crippen LogP contribution in [-0.2, 0) is 44.8 Å². The minimum atomic E-state index is -1.12. The molecule has 0 fully saturated rings. The third kappa shape index (κ3) is 14.1. The van der Waals surface area contributed by atoms with Crippen LogP contribution in [0.4, 0.5) is 0 Å². The summed E-state index contributed by atoms with van der Waals surface area (Å²) in [5, 5.41) is 34.2. The Morgan fingerprint density at radius 3 is 0.500 bits per heavy atom. The van der Waals surface area contributed by atoms with Crippen LogP contribution in [0.2, 0.25) is 0 Å². The van der Waals surface area contributed by atoms with Crippen molar-refractivity contribution in [2.45, 2.75) is 0 Å². The molecule has 0 atom stereocenters. The average Bonchev–Trinajstić information content (AvgIpc) is 4.29. The van der Waals surface area contributed by atoms with Crippen LogP contribution in [0.15, 0.2) is 293 Å². The normalized spacial score (nSPS) is 10.5. The molecule has 0 aliphatic carbocycles. The first-order valence-electron chi connectivity index (χ1n) is 23.2. The van der Waals surface area contributed by atoms with Gasteiger partial charge in [0.1, 0.15) is 31.8 Å². The summed E-state index contributed by atoms with van der Waals surface area (Å²) in [5.41, 5.74) is 0. The second-order valence-corrected chi connectivity index (χ2v) is 21.0. The maximum atomic E-state index is 4.26. The first-order valence-corrected chi connectivity index (χ1v) is 26.2. The van der Waals surface area contributed by atoms with Gasteiger partial charge in [-0.05, 0) is 146 Å². The summed E-state index contributed by atoms with van der Waals surface area (Å²) in [5.74, 6) is 0. The molecule has 0 saturated heterocycles. The molecule has 0 spiro atoms. The summed E-state index contributed by atoms with van der Waals surface area (Å²) >= 11 is 0. The standard InChI is InChI=1S/2C18H15P.2C9H10BN6.2Ag/c2*1-4-10-16(11-5-1)19(17-12-6-2-7-13-17)18-14-8-3-9-15-18;2*1-4-11-14(7-1)10(15-8-2-5-12-15)16-9-3-6-13-16;;/h2*1-15H;2*1-10H;;/q;;2*-1;2*+1/p+2. The summed E-state index contributed by atoms with van der Waals surface area (Å²) in [7, 11) is -4.00. The van der Waals surface area contributed by atoms with Crippen LogP contribution in [0.3, 0.4) is 0 Å². The van der Waals surface area contributed by atoms with Crippen LogP contribution < -0.4 is 31.8 Å². The number of nitrogens with zero attached hydrogens (tertiary/aromatic N) is 12. The van der Waals surface area contributed by atoms with Crippen molar-refractivity contribution in [3.63, 3.8) is 0 Å². The van der Waals surface area contributed by atoms with Gasteiger partial charge in [-0.2, -0.15) is 0 Å². The SMILES string of the molecule is [Ag+].[Ag+].c1ccc([PH+](c2ccccc2)c2ccccc2)cc1.c1ccc([PH+](c2ccccc2)c2ccccc2)cc1.c1cnn([BH-](n2cccn2)n2cccn2)c1.c1cnn([BH-](n2cccn2)n2cccn2)c1. The molecule has 0 N–H and O–H groups in total. The molecule has 0 bridgehead atoms. The molecule has 364 valence electrons. The van der Waals surface area contributed by atoms with Crippen molar-refractivity contribution < 1.29 is 44.8 Å². The van der Waals surface area contributed by atoms with Gasteiger partial charge in [-0.3, -0.25) is 0 Å². The van der Waals surface area contributed by atoms with E-state index in [1.807, 2.05) is 101 Å². The zero-order valence-corrected chi connectivity index (χ0v) is 44.1. The molecule has 18 heteroatoms. The van der Waals surface area contributed by atoms with E-state index in [4.69, 9.17) is 0 Å². The van der Waals surface area contributed by atoms with Crippen molar-refractivity contribution >= 4 is 61.9 Å². The Morgan fingerprint density at radius 2 is 0.375 bits per heavy atom. The van der Waals surface area contributed by atoms with E-state index in [9.17, 15) is 0 Å². The Balaban J connectivity index is 0.000000140. The van der Waals surface area contributed by atoms with E-state index in [0.717, 1.165) is 0 Å². The Kier molecular flexibility index (Phi) is 20.7. The Hall–Kier alpha value is -6.95. The predicted octanol–water partition coefficient (Wildman–Crippen LogP) is 6.23. The third-order valence-corrected chi connectivity index (χ3v) is 16.9. The van der Waals surface area contributed by atoms with Crippen LogP contribution in [0.1, 0.15) is 0 Å². The molecule has 6 aromatic heterocycles. The fourth-order valence-electron chi connectivity index (χ4n) is 8.33. The molecule has 6 heterocycles. The first-order chi connectivity index (χ1) is 34.8. The van der Waals surface area contributed by atoms with Crippen LogP contribution in [0.5, 0.6) is 0 Å². The molecular formula is C54H52Ag2B2N12P2+2. The maximum absolute atomic E-state index is 4.26. The summed E-state index contributed by atoms with van der Waals surface area (Å²) in [4.78, 5) is 0. The van der Waals surface area contributed by atoms with Gasteiger partial charge < -0.3 is 27.6 Å². The first kappa shape index (κ1) is 52.9. The van der Waals surface area contributed by atoms with E-state index in [1.54, 1.807) is 37.2 Å². The molecule has 0 radical (unpaired) electrons. The zero-order chi connectivity index (χ0) is 47.4. The summed E-state index contributed by atoms with van der Waals surface area (Å²) in [6.07, 6.45) is 22.1. The van der Waals surface area contributed by atoms with Gasteiger partial charge in [0.15, 0.2) is 0 Å². The summed E-state index contributed by atoms with van der Waals surface area (Å²) in [6, 6.07) is 76.4. The molecular weight excluding hydrogens is 1120 g/mol. The number of aromatic nitrogens is 12. The molecule has 12 rings (SSSR count). The Morgan fingerprint density at radius 1 is 0.222 bits per heavy atom. The second kappa shape index (κ2) is 28.2. The minimum absolute atomic E-state index is 0. The van der Waals surface area contributed by atoms with Gasteiger partial charge in [-0.1, -0.05) is 109 Å². The summed E-state index contributed by atoms with van der Waals surface area (Å²) < 4.78 is 11.2. The van der Waals surface area contributed by atoms with E-state index in [1.165, 1.54) is 31.8 Å². The van der Waals surface area contributed by atoms with E-state index in [2.05, 4.69) is 213 Å². The van der Waals surface area contributed by atoms with E-state index >= 15 is 0 Å². The Labute approximate surface area is 454 Å². The van der Waals surface area contributed by atoms with Gasteiger partial charge in [0.25, 0.3) is 0 Å². The molecule has 72 heavy (non-hydrogen) atoms. The van der Waals surface area contributed by atoms with E-state index in [0.29, 0.717) is 0 Å². The number of benzene rings is 6. The van der Waals surface area contributed by atoms with Gasteiger partial charge in [-0.15, -0.1) is 0 Å². The molecule has 0 aliphatic rings. The third-order valence-electron chi connectivity index (χ3n) is 11.5. The summed E-state index contributed by atoms with van der Waals surface area (Å²) in [6.45, 7) is 0. The van der Waals surface area contributed by atoms with Gasteiger partial charge >= 0.3 is 59.0 Å². The predicted molar refractivity (Wildman–Crippen MR) is 293 cm³/mol. The topological polar surface area (TPSA) is 107 Å². The van der Waals surface area contributed by atoms with Crippen molar-refractivity contribution in [3.05, 3.63) is 293 Å². The van der Waals surface area contributed by atoms with Gasteiger partial charge in [0, 0.05) is 37.2 Å². The minimum Gasteiger partial charge on any atom is -0.403 e. The van der Waals surface area contributed by atoms with Crippen LogP contribution in [0.25, 0.3) is 0 Å². The van der Waals surface area contributed by atoms with Crippen LogP contribution in [-0.4, -0.2) is 72.4 Å². The second-order valence-electron chi connectivity index (χ2n) is 16.1. The zero-order valence-electron chi connectivity index (χ0n) is 39.1. The van der Waals surface area contributed by atoms with E-state index < -0.39 is 30.1 Å². The van der Waals surface area contributed by atoms with Crippen molar-refractivity contribution in [1.82, 2.24) is 58.1 Å². The molecule has 6 aromatic carbocycles. The van der Waals surface area contributed by atoms with Gasteiger partial charge in [0.05, 0.1) is 15.8 Å². The van der Waals surface area contributed by atoms with Crippen molar-refractivity contribution in [2.24, 2.45) is 0 Å². The quantitative estimate of drug-likeness (QED) is 0.106. The largest absolute Gasteiger partial charge is 1.00 e. The molecule has 0 saturated carbocycles. The van der Waals surface area contributed by atoms with Gasteiger partial charge in [-0.25, -0.2) is 30.6 Å². The monoisotopic (exact) mass is 1170 g/mol. The molecule has 0 aliphatic heterocycles. The molecule has 12 aromatic rings. The molecule has 0 unspecified atom stereocenters.